The average Bonchev–Trinajstić information content (AvgIpc) is 2.79. The highest BCUT2D eigenvalue weighted by atomic mass is 28.4. The highest BCUT2D eigenvalue weighted by Gasteiger charge is 2.53. The lowest BCUT2D eigenvalue weighted by atomic mass is 9.98. The summed E-state index contributed by atoms with van der Waals surface area (Å²) in [6.45, 7) is 35.9. The van der Waals surface area contributed by atoms with E-state index in [9.17, 15) is 0 Å². The van der Waals surface area contributed by atoms with Crippen LogP contribution in [-0.2, 0) is 0 Å². The third-order valence-electron chi connectivity index (χ3n) is 8.65. The van der Waals surface area contributed by atoms with E-state index in [-0.39, 0.29) is 0 Å². The maximum atomic E-state index is 4.56. The molecule has 0 aromatic heterocycles. The SMILES string of the molecule is C=C(c1ccccc1)c1cccc(C)c1.CC(C)[Si](N[Si](C(C)C)(C(C)C)C(C)C)(C(C)C)C(C)C. The fourth-order valence-electron chi connectivity index (χ4n) is 6.88. The first-order chi connectivity index (χ1) is 16.6. The quantitative estimate of drug-likeness (QED) is 0.305. The Morgan fingerprint density at radius 2 is 0.917 bits per heavy atom. The second-order valence-electron chi connectivity index (χ2n) is 12.6. The molecule has 0 radical (unpaired) electrons. The summed E-state index contributed by atoms with van der Waals surface area (Å²) in [5.41, 5.74) is 9.48. The van der Waals surface area contributed by atoms with Crippen LogP contribution in [0.15, 0.2) is 61.2 Å². The molecule has 0 aliphatic heterocycles. The zero-order chi connectivity index (χ0) is 27.8. The second-order valence-corrected chi connectivity index (χ2v) is 24.3. The Labute approximate surface area is 227 Å². The molecule has 1 N–H and O–H groups in total. The minimum absolute atomic E-state index is 0.792. The number of benzene rings is 2. The summed E-state index contributed by atoms with van der Waals surface area (Å²) in [5.74, 6) is 0. The first-order valence-electron chi connectivity index (χ1n) is 14.2. The van der Waals surface area contributed by atoms with Crippen LogP contribution < -0.4 is 4.65 Å². The van der Waals surface area contributed by atoms with Crippen LogP contribution in [0.2, 0.25) is 33.2 Å². The summed E-state index contributed by atoms with van der Waals surface area (Å²) in [5, 5.41) is 0. The molecule has 0 fully saturated rings. The van der Waals surface area contributed by atoms with Gasteiger partial charge in [-0.15, -0.1) is 0 Å². The van der Waals surface area contributed by atoms with Crippen LogP contribution >= 0.6 is 0 Å². The second kappa shape index (κ2) is 13.9. The van der Waals surface area contributed by atoms with Crippen molar-refractivity contribution in [2.45, 2.75) is 123 Å². The topological polar surface area (TPSA) is 12.0 Å². The van der Waals surface area contributed by atoms with Crippen molar-refractivity contribution in [1.29, 1.82) is 0 Å². The van der Waals surface area contributed by atoms with E-state index in [1.807, 2.05) is 18.2 Å². The Morgan fingerprint density at radius 3 is 1.25 bits per heavy atom. The van der Waals surface area contributed by atoms with Crippen molar-refractivity contribution in [3.05, 3.63) is 77.9 Å². The van der Waals surface area contributed by atoms with Crippen LogP contribution in [0, 0.1) is 6.92 Å². The third-order valence-corrected chi connectivity index (χ3v) is 23.6. The molecule has 0 spiro atoms. The summed E-state index contributed by atoms with van der Waals surface area (Å²) in [4.78, 5) is 0. The van der Waals surface area contributed by atoms with Gasteiger partial charge in [0, 0.05) is 0 Å². The molecular formula is C33H57NSi2. The van der Waals surface area contributed by atoms with Gasteiger partial charge < -0.3 is 4.65 Å². The average molecular weight is 524 g/mol. The molecule has 0 amide bonds. The Balaban J connectivity index is 0.000000377. The standard InChI is InChI=1S/C18H43NSi2.C15H14/c1-13(2)20(14(3)4,15(5)6)19-21(16(7)8,17(9)10)18(11)12;1-12-7-6-10-15(11-12)13(2)14-8-4-3-5-9-14/h13-19H,1-12H3;3-11H,2H2,1H3. The number of rotatable bonds is 10. The summed E-state index contributed by atoms with van der Waals surface area (Å²) < 4.78 is 4.56. The van der Waals surface area contributed by atoms with Crippen molar-refractivity contribution >= 4 is 22.0 Å². The molecular weight excluding hydrogens is 467 g/mol. The zero-order valence-electron chi connectivity index (χ0n) is 25.9. The highest BCUT2D eigenvalue weighted by Crippen LogP contribution is 2.46. The summed E-state index contributed by atoms with van der Waals surface area (Å²) in [6, 6.07) is 18.7. The van der Waals surface area contributed by atoms with Gasteiger partial charge in [-0.3, -0.25) is 0 Å². The molecule has 0 aliphatic carbocycles. The molecule has 2 rings (SSSR count). The highest BCUT2D eigenvalue weighted by molar-refractivity contribution is 6.96. The molecule has 0 unspecified atom stereocenters. The fraction of sp³-hybridized carbons (Fsp3) is 0.576. The van der Waals surface area contributed by atoms with E-state index in [0.29, 0.717) is 0 Å². The van der Waals surface area contributed by atoms with Crippen molar-refractivity contribution in [2.24, 2.45) is 0 Å². The predicted molar refractivity (Wildman–Crippen MR) is 171 cm³/mol. The summed E-state index contributed by atoms with van der Waals surface area (Å²) >= 11 is 0. The predicted octanol–water partition coefficient (Wildman–Crippen LogP) is 11.0. The van der Waals surface area contributed by atoms with Gasteiger partial charge in [-0.05, 0) is 56.9 Å². The zero-order valence-corrected chi connectivity index (χ0v) is 27.9. The van der Waals surface area contributed by atoms with Crippen LogP contribution in [-0.4, -0.2) is 16.5 Å². The monoisotopic (exact) mass is 523 g/mol. The van der Waals surface area contributed by atoms with Crippen LogP contribution in [0.25, 0.3) is 5.57 Å². The lowest BCUT2D eigenvalue weighted by Crippen LogP contribution is -2.72. The van der Waals surface area contributed by atoms with Gasteiger partial charge in [-0.25, -0.2) is 0 Å². The Morgan fingerprint density at radius 1 is 0.556 bits per heavy atom. The van der Waals surface area contributed by atoms with Crippen LogP contribution in [0.1, 0.15) is 99.8 Å². The molecule has 3 heteroatoms. The van der Waals surface area contributed by atoms with Crippen LogP contribution in [0.4, 0.5) is 0 Å². The van der Waals surface area contributed by atoms with Gasteiger partial charge in [0.05, 0.1) is 0 Å². The molecule has 202 valence electrons. The smallest absolute Gasteiger partial charge is 0.126 e. The maximum absolute atomic E-state index is 4.56. The maximum Gasteiger partial charge on any atom is 0.126 e. The molecule has 36 heavy (non-hydrogen) atoms. The fourth-order valence-corrected chi connectivity index (χ4v) is 24.8. The minimum Gasteiger partial charge on any atom is -0.358 e. The molecule has 0 bridgehead atoms. The summed E-state index contributed by atoms with van der Waals surface area (Å²) in [7, 11) is -3.08. The molecule has 1 nitrogen and oxygen atoms in total. The van der Waals surface area contributed by atoms with E-state index in [0.717, 1.165) is 38.8 Å². The Kier molecular flexibility index (Phi) is 12.6. The number of aryl methyl sites for hydroxylation is 1. The van der Waals surface area contributed by atoms with Crippen molar-refractivity contribution in [1.82, 2.24) is 4.65 Å². The molecule has 0 atom stereocenters. The Hall–Kier alpha value is -1.43. The number of hydrogen-bond donors (Lipinski definition) is 1. The van der Waals surface area contributed by atoms with E-state index in [1.165, 1.54) is 16.7 Å². The van der Waals surface area contributed by atoms with Gasteiger partial charge >= 0.3 is 0 Å². The van der Waals surface area contributed by atoms with Gasteiger partial charge in [0.25, 0.3) is 0 Å². The van der Waals surface area contributed by atoms with Crippen LogP contribution in [0.3, 0.4) is 0 Å². The minimum atomic E-state index is -1.54. The van der Waals surface area contributed by atoms with Gasteiger partial charge in [-0.2, -0.15) is 0 Å². The van der Waals surface area contributed by atoms with Gasteiger partial charge in [0.1, 0.15) is 16.5 Å². The Bertz CT molecular complexity index is 852. The van der Waals surface area contributed by atoms with E-state index < -0.39 is 16.5 Å². The molecule has 2 aromatic carbocycles. The van der Waals surface area contributed by atoms with Gasteiger partial charge in [-0.1, -0.05) is 150 Å². The lowest BCUT2D eigenvalue weighted by molar-refractivity contribution is 0.736. The van der Waals surface area contributed by atoms with Crippen LogP contribution in [0.5, 0.6) is 0 Å². The summed E-state index contributed by atoms with van der Waals surface area (Å²) in [6.07, 6.45) is 0. The lowest BCUT2D eigenvalue weighted by Gasteiger charge is -2.55. The molecule has 0 heterocycles. The van der Waals surface area contributed by atoms with Crippen molar-refractivity contribution in [3.63, 3.8) is 0 Å². The largest absolute Gasteiger partial charge is 0.358 e. The molecule has 0 saturated heterocycles. The first kappa shape index (κ1) is 32.6. The van der Waals surface area contributed by atoms with E-state index in [4.69, 9.17) is 0 Å². The number of hydrogen-bond acceptors (Lipinski definition) is 1. The van der Waals surface area contributed by atoms with Gasteiger partial charge in [0.2, 0.25) is 0 Å². The normalized spacial score (nSPS) is 12.6. The van der Waals surface area contributed by atoms with E-state index in [1.54, 1.807) is 0 Å². The van der Waals surface area contributed by atoms with Crippen molar-refractivity contribution in [2.75, 3.05) is 0 Å². The van der Waals surface area contributed by atoms with E-state index >= 15 is 0 Å². The first-order valence-corrected chi connectivity index (χ1v) is 18.7. The third kappa shape index (κ3) is 7.33. The van der Waals surface area contributed by atoms with E-state index in [2.05, 4.69) is 138 Å². The molecule has 0 saturated carbocycles. The van der Waals surface area contributed by atoms with Crippen molar-refractivity contribution in [3.8, 4) is 0 Å². The molecule has 2 aromatic rings. The molecule has 0 aliphatic rings. The van der Waals surface area contributed by atoms with Gasteiger partial charge in [0.15, 0.2) is 0 Å². The number of nitrogens with one attached hydrogen (secondary N) is 1. The van der Waals surface area contributed by atoms with Crippen molar-refractivity contribution < 1.29 is 0 Å².